The normalized spacial score (nSPS) is 17.3. The molecule has 43 heavy (non-hydrogen) atoms. The Labute approximate surface area is 261 Å². The van der Waals surface area contributed by atoms with E-state index in [1.54, 1.807) is 26.6 Å². The molecule has 2 fully saturated rings. The lowest BCUT2D eigenvalue weighted by Crippen LogP contribution is -2.44. The number of anilines is 6. The number of hydrogen-bond acceptors (Lipinski definition) is 9. The first-order valence-corrected chi connectivity index (χ1v) is 18.0. The van der Waals surface area contributed by atoms with Crippen molar-refractivity contribution in [2.75, 3.05) is 75.5 Å². The summed E-state index contributed by atoms with van der Waals surface area (Å²) in [5, 5.41) is 11.1. The number of methoxy groups -OCH3 is 1. The minimum atomic E-state index is -2.52. The van der Waals surface area contributed by atoms with Crippen LogP contribution in [0, 0.1) is 5.41 Å². The second kappa shape index (κ2) is 12.9. The zero-order valence-corrected chi connectivity index (χ0v) is 27.9. The first-order chi connectivity index (χ1) is 20.5. The van der Waals surface area contributed by atoms with Crippen LogP contribution in [-0.2, 0) is 4.57 Å². The predicted molar refractivity (Wildman–Crippen MR) is 182 cm³/mol. The topological polar surface area (TPSA) is 94.7 Å². The molecule has 3 N–H and O–H groups in total. The summed E-state index contributed by atoms with van der Waals surface area (Å²) in [5.41, 5.74) is 4.08. The highest BCUT2D eigenvalue weighted by Gasteiger charge is 2.39. The van der Waals surface area contributed by atoms with E-state index in [2.05, 4.69) is 55.9 Å². The van der Waals surface area contributed by atoms with E-state index in [0.29, 0.717) is 33.6 Å². The first kappa shape index (κ1) is 31.4. The van der Waals surface area contributed by atoms with Gasteiger partial charge in [-0.2, -0.15) is 4.98 Å². The Morgan fingerprint density at radius 3 is 2.35 bits per heavy atom. The molecule has 1 saturated heterocycles. The van der Waals surface area contributed by atoms with E-state index in [9.17, 15) is 4.57 Å². The maximum Gasteiger partial charge on any atom is 0.229 e. The molecule has 3 aromatic rings. The van der Waals surface area contributed by atoms with Gasteiger partial charge in [-0.3, -0.25) is 0 Å². The second-order valence-corrected chi connectivity index (χ2v) is 16.1. The number of nitrogens with zero attached hydrogens (tertiary/aromatic N) is 4. The largest absolute Gasteiger partial charge is 0.494 e. The Bertz CT molecular complexity index is 1480. The standard InChI is InChI=1S/C32H45ClN7O2P/c1-34-25-19-26(37-31-35-21-23(33)30(38-31)36-24-9-7-8-10-29(24)43(5,6)41)28(42-4)20-27(25)40-17-15-32(16-18-40)13-11-22(12-14-32)39(2)3/h7-10,19-22,34H,11-18H2,1-6H3,(H2,35,36,37,38). The first-order valence-electron chi connectivity index (χ1n) is 15.0. The van der Waals surface area contributed by atoms with Gasteiger partial charge in [0.1, 0.15) is 17.9 Å². The summed E-state index contributed by atoms with van der Waals surface area (Å²) in [6.45, 7) is 5.57. The van der Waals surface area contributed by atoms with Crippen molar-refractivity contribution in [3.8, 4) is 5.75 Å². The number of aromatic nitrogens is 2. The molecule has 0 amide bonds. The van der Waals surface area contributed by atoms with Crippen LogP contribution >= 0.6 is 18.7 Å². The van der Waals surface area contributed by atoms with Gasteiger partial charge < -0.3 is 35.1 Å². The molecular weight excluding hydrogens is 581 g/mol. The van der Waals surface area contributed by atoms with Crippen molar-refractivity contribution >= 4 is 58.6 Å². The van der Waals surface area contributed by atoms with E-state index >= 15 is 0 Å². The van der Waals surface area contributed by atoms with Gasteiger partial charge in [-0.15, -0.1) is 0 Å². The van der Waals surface area contributed by atoms with E-state index < -0.39 is 7.14 Å². The zero-order chi connectivity index (χ0) is 30.8. The van der Waals surface area contributed by atoms with Gasteiger partial charge in [0.25, 0.3) is 0 Å². The molecule has 0 atom stereocenters. The summed E-state index contributed by atoms with van der Waals surface area (Å²) >= 11 is 6.48. The molecule has 1 aliphatic heterocycles. The highest BCUT2D eigenvalue weighted by molar-refractivity contribution is 7.70. The molecule has 9 nitrogen and oxygen atoms in total. The molecule has 2 aromatic carbocycles. The Hall–Kier alpha value is -3.00. The minimum absolute atomic E-state index is 0.360. The lowest BCUT2D eigenvalue weighted by Gasteiger charge is -2.47. The Morgan fingerprint density at radius 1 is 1.02 bits per heavy atom. The number of benzene rings is 2. The monoisotopic (exact) mass is 625 g/mol. The van der Waals surface area contributed by atoms with Crippen molar-refractivity contribution in [3.63, 3.8) is 0 Å². The molecule has 0 radical (unpaired) electrons. The summed E-state index contributed by atoms with van der Waals surface area (Å²) < 4.78 is 18.7. The molecule has 2 heterocycles. The van der Waals surface area contributed by atoms with Crippen LogP contribution in [0.2, 0.25) is 5.02 Å². The van der Waals surface area contributed by atoms with Gasteiger partial charge in [-0.05, 0) is 89.6 Å². The van der Waals surface area contributed by atoms with Crippen molar-refractivity contribution in [2.24, 2.45) is 5.41 Å². The minimum Gasteiger partial charge on any atom is -0.494 e. The number of halogens is 1. The third kappa shape index (κ3) is 7.05. The number of nitrogens with one attached hydrogen (secondary N) is 3. The molecule has 1 aromatic heterocycles. The van der Waals surface area contributed by atoms with Crippen molar-refractivity contribution in [2.45, 2.75) is 44.6 Å². The van der Waals surface area contributed by atoms with Crippen LogP contribution in [0.15, 0.2) is 42.6 Å². The highest BCUT2D eigenvalue weighted by Crippen LogP contribution is 2.47. The number of rotatable bonds is 9. The second-order valence-electron chi connectivity index (χ2n) is 12.5. The van der Waals surface area contributed by atoms with Crippen LogP contribution in [0.1, 0.15) is 38.5 Å². The molecule has 0 bridgehead atoms. The fraction of sp³-hybridized carbons (Fsp3) is 0.500. The summed E-state index contributed by atoms with van der Waals surface area (Å²) in [7, 11) is 5.53. The summed E-state index contributed by atoms with van der Waals surface area (Å²) in [5.74, 6) is 1.49. The number of ether oxygens (including phenoxy) is 1. The molecule has 232 valence electrons. The molecular formula is C32H45ClN7O2P. The summed E-state index contributed by atoms with van der Waals surface area (Å²) in [6, 6.07) is 12.4. The SMILES string of the molecule is CNc1cc(Nc2ncc(Cl)c(Nc3ccccc3P(C)(C)=O)n2)c(OC)cc1N1CCC2(CCC(N(C)C)CC2)CC1. The molecule has 2 aliphatic rings. The van der Waals surface area contributed by atoms with Crippen LogP contribution in [-0.4, -0.2) is 75.6 Å². The molecule has 1 saturated carbocycles. The van der Waals surface area contributed by atoms with Gasteiger partial charge in [-0.1, -0.05) is 23.7 Å². The smallest absolute Gasteiger partial charge is 0.229 e. The quantitative estimate of drug-likeness (QED) is 0.217. The fourth-order valence-corrected chi connectivity index (χ4v) is 7.86. The number of hydrogen-bond donors (Lipinski definition) is 3. The third-order valence-corrected chi connectivity index (χ3v) is 11.1. The van der Waals surface area contributed by atoms with Crippen molar-refractivity contribution in [1.82, 2.24) is 14.9 Å². The molecule has 1 spiro atoms. The summed E-state index contributed by atoms with van der Waals surface area (Å²) in [4.78, 5) is 13.9. The Balaban J connectivity index is 1.34. The number of piperidine rings is 1. The predicted octanol–water partition coefficient (Wildman–Crippen LogP) is 7.01. The third-order valence-electron chi connectivity index (χ3n) is 9.23. The maximum atomic E-state index is 12.9. The van der Waals surface area contributed by atoms with Crippen LogP contribution in [0.5, 0.6) is 5.75 Å². The van der Waals surface area contributed by atoms with Gasteiger partial charge in [0, 0.05) is 37.5 Å². The van der Waals surface area contributed by atoms with Gasteiger partial charge in [0.15, 0.2) is 5.82 Å². The van der Waals surface area contributed by atoms with Crippen molar-refractivity contribution in [3.05, 3.63) is 47.6 Å². The molecule has 5 rings (SSSR count). The molecule has 0 unspecified atom stereocenters. The van der Waals surface area contributed by atoms with Gasteiger partial charge >= 0.3 is 0 Å². The molecule has 11 heteroatoms. The van der Waals surface area contributed by atoms with Crippen LogP contribution < -0.4 is 30.9 Å². The van der Waals surface area contributed by atoms with E-state index in [1.165, 1.54) is 38.5 Å². The highest BCUT2D eigenvalue weighted by atomic mass is 35.5. The van der Waals surface area contributed by atoms with Gasteiger partial charge in [-0.25, -0.2) is 4.98 Å². The van der Waals surface area contributed by atoms with Crippen LogP contribution in [0.3, 0.4) is 0 Å². The fourth-order valence-electron chi connectivity index (χ4n) is 6.56. The lowest BCUT2D eigenvalue weighted by molar-refractivity contribution is 0.0924. The van der Waals surface area contributed by atoms with E-state index in [4.69, 9.17) is 16.3 Å². The van der Waals surface area contributed by atoms with Gasteiger partial charge in [0.05, 0.1) is 36.1 Å². The average molecular weight is 626 g/mol. The van der Waals surface area contributed by atoms with Gasteiger partial charge in [0.2, 0.25) is 5.95 Å². The summed E-state index contributed by atoms with van der Waals surface area (Å²) in [6.07, 6.45) is 9.26. The van der Waals surface area contributed by atoms with Crippen LogP contribution in [0.25, 0.3) is 0 Å². The van der Waals surface area contributed by atoms with E-state index in [1.807, 2.05) is 37.4 Å². The van der Waals surface area contributed by atoms with E-state index in [-0.39, 0.29) is 0 Å². The Morgan fingerprint density at radius 2 is 1.72 bits per heavy atom. The van der Waals surface area contributed by atoms with Crippen LogP contribution in [0.4, 0.5) is 34.5 Å². The van der Waals surface area contributed by atoms with Crippen molar-refractivity contribution in [1.29, 1.82) is 0 Å². The zero-order valence-electron chi connectivity index (χ0n) is 26.2. The maximum absolute atomic E-state index is 12.9. The number of para-hydroxylation sites is 1. The molecule has 1 aliphatic carbocycles. The van der Waals surface area contributed by atoms with Crippen molar-refractivity contribution < 1.29 is 9.30 Å². The lowest BCUT2D eigenvalue weighted by atomic mass is 9.66. The Kier molecular flexibility index (Phi) is 9.45. The average Bonchev–Trinajstić information content (AvgIpc) is 2.99. The van der Waals surface area contributed by atoms with E-state index in [0.717, 1.165) is 41.5 Å².